The first-order valence-electron chi connectivity index (χ1n) is 10.8. The van der Waals surface area contributed by atoms with Crippen molar-refractivity contribution >= 4 is 62.8 Å². The van der Waals surface area contributed by atoms with E-state index in [2.05, 4.69) is 21.0 Å². The van der Waals surface area contributed by atoms with Gasteiger partial charge in [0.05, 0.1) is 33.6 Å². The Hall–Kier alpha value is -3.28. The Morgan fingerprint density at radius 1 is 1.05 bits per heavy atom. The van der Waals surface area contributed by atoms with Gasteiger partial charge in [-0.2, -0.15) is 18.3 Å². The van der Waals surface area contributed by atoms with E-state index in [1.165, 1.54) is 6.21 Å². The van der Waals surface area contributed by atoms with Gasteiger partial charge < -0.3 is 14.8 Å². The Morgan fingerprint density at radius 2 is 1.82 bits per heavy atom. The second kappa shape index (κ2) is 13.0. The first-order chi connectivity index (χ1) is 18.0. The molecule has 0 spiro atoms. The summed E-state index contributed by atoms with van der Waals surface area (Å²) in [5, 5.41) is 6.17. The van der Waals surface area contributed by atoms with Crippen molar-refractivity contribution in [3.63, 3.8) is 0 Å². The maximum Gasteiger partial charge on any atom is 0.416 e. The zero-order chi connectivity index (χ0) is 27.9. The van der Waals surface area contributed by atoms with Crippen LogP contribution in [-0.2, 0) is 22.4 Å². The molecule has 0 saturated carbocycles. The molecule has 13 heteroatoms. The molecule has 0 bridgehead atoms. The van der Waals surface area contributed by atoms with Gasteiger partial charge in [0.2, 0.25) is 0 Å². The number of rotatable bonds is 8. The van der Waals surface area contributed by atoms with Gasteiger partial charge in [0.15, 0.2) is 11.5 Å². The Bertz CT molecular complexity index is 1370. The predicted octanol–water partition coefficient (Wildman–Crippen LogP) is 6.84. The van der Waals surface area contributed by atoms with Gasteiger partial charge >= 0.3 is 18.0 Å². The summed E-state index contributed by atoms with van der Waals surface area (Å²) in [6.07, 6.45) is -3.41. The van der Waals surface area contributed by atoms with Crippen LogP contribution in [0, 0.1) is 0 Å². The summed E-state index contributed by atoms with van der Waals surface area (Å²) >= 11 is 15.3. The number of nitrogens with zero attached hydrogens (tertiary/aromatic N) is 1. The van der Waals surface area contributed by atoms with Crippen molar-refractivity contribution in [1.82, 2.24) is 5.43 Å². The SMILES string of the molecule is CCOc1cc(C=NNC(=O)C(=O)Nc2cc(C(F)(F)F)ccc2Cl)cc(Br)c1OCc1cccc(Cl)c1. The normalized spacial score (nSPS) is 11.3. The molecule has 7 nitrogen and oxygen atoms in total. The molecule has 2 amide bonds. The highest BCUT2D eigenvalue weighted by molar-refractivity contribution is 9.10. The number of hydrazone groups is 1. The Labute approximate surface area is 234 Å². The molecule has 0 aliphatic carbocycles. The molecule has 3 aromatic rings. The second-order valence-corrected chi connectivity index (χ2v) is 9.23. The molecule has 0 saturated heterocycles. The van der Waals surface area contributed by atoms with Crippen LogP contribution in [0.1, 0.15) is 23.6 Å². The smallest absolute Gasteiger partial charge is 0.416 e. The molecule has 0 radical (unpaired) electrons. The molecule has 0 aliphatic heterocycles. The minimum atomic E-state index is -4.65. The van der Waals surface area contributed by atoms with Crippen molar-refractivity contribution in [1.29, 1.82) is 0 Å². The minimum absolute atomic E-state index is 0.173. The highest BCUT2D eigenvalue weighted by Crippen LogP contribution is 2.37. The van der Waals surface area contributed by atoms with Crippen LogP contribution in [-0.4, -0.2) is 24.6 Å². The van der Waals surface area contributed by atoms with Crippen LogP contribution in [0.4, 0.5) is 18.9 Å². The third-order valence-corrected chi connectivity index (χ3v) is 5.89. The van der Waals surface area contributed by atoms with Crippen molar-refractivity contribution in [3.05, 3.63) is 85.8 Å². The molecule has 3 rings (SSSR count). The lowest BCUT2D eigenvalue weighted by Gasteiger charge is -2.15. The van der Waals surface area contributed by atoms with E-state index in [9.17, 15) is 22.8 Å². The molecule has 38 heavy (non-hydrogen) atoms. The Kier molecular flexibility index (Phi) is 10.0. The van der Waals surface area contributed by atoms with E-state index in [-0.39, 0.29) is 17.3 Å². The third kappa shape index (κ3) is 8.11. The molecule has 2 N–H and O–H groups in total. The van der Waals surface area contributed by atoms with Crippen molar-refractivity contribution in [3.8, 4) is 11.5 Å². The zero-order valence-corrected chi connectivity index (χ0v) is 22.6. The molecule has 0 heterocycles. The van der Waals surface area contributed by atoms with Gasteiger partial charge in [-0.1, -0.05) is 35.3 Å². The lowest BCUT2D eigenvalue weighted by Crippen LogP contribution is -2.32. The van der Waals surface area contributed by atoms with E-state index in [0.717, 1.165) is 17.7 Å². The van der Waals surface area contributed by atoms with E-state index in [1.807, 2.05) is 22.9 Å². The number of carbonyl (C=O) groups is 2. The second-order valence-electron chi connectivity index (χ2n) is 7.53. The first kappa shape index (κ1) is 29.3. The summed E-state index contributed by atoms with van der Waals surface area (Å²) in [5.74, 6) is -1.65. The van der Waals surface area contributed by atoms with Crippen LogP contribution in [0.15, 0.2) is 64.2 Å². The number of alkyl halides is 3. The number of benzene rings is 3. The fourth-order valence-electron chi connectivity index (χ4n) is 3.04. The molecule has 200 valence electrons. The van der Waals surface area contributed by atoms with E-state index < -0.39 is 23.6 Å². The van der Waals surface area contributed by atoms with Crippen LogP contribution in [0.3, 0.4) is 0 Å². The quantitative estimate of drug-likeness (QED) is 0.162. The topological polar surface area (TPSA) is 89.0 Å². The summed E-state index contributed by atoms with van der Waals surface area (Å²) in [4.78, 5) is 24.2. The number of anilines is 1. The first-order valence-corrected chi connectivity index (χ1v) is 12.4. The monoisotopic (exact) mass is 631 g/mol. The van der Waals surface area contributed by atoms with Crippen LogP contribution >= 0.6 is 39.1 Å². The number of hydrogen-bond acceptors (Lipinski definition) is 5. The number of carbonyl (C=O) groups excluding carboxylic acids is 2. The molecule has 0 aliphatic rings. The average molecular weight is 633 g/mol. The van der Waals surface area contributed by atoms with Crippen molar-refractivity contribution in [2.75, 3.05) is 11.9 Å². The van der Waals surface area contributed by atoms with Gasteiger partial charge in [-0.05, 0) is 76.4 Å². The highest BCUT2D eigenvalue weighted by atomic mass is 79.9. The minimum Gasteiger partial charge on any atom is -0.490 e. The molecule has 0 unspecified atom stereocenters. The third-order valence-electron chi connectivity index (χ3n) is 4.73. The van der Waals surface area contributed by atoms with E-state index in [0.29, 0.717) is 39.2 Å². The van der Waals surface area contributed by atoms with Gasteiger partial charge in [-0.25, -0.2) is 5.43 Å². The van der Waals surface area contributed by atoms with Gasteiger partial charge in [-0.3, -0.25) is 9.59 Å². The van der Waals surface area contributed by atoms with E-state index in [4.69, 9.17) is 32.7 Å². The summed E-state index contributed by atoms with van der Waals surface area (Å²) in [7, 11) is 0. The number of amides is 2. The van der Waals surface area contributed by atoms with Gasteiger partial charge in [-0.15, -0.1) is 0 Å². The van der Waals surface area contributed by atoms with Gasteiger partial charge in [0.1, 0.15) is 6.61 Å². The van der Waals surface area contributed by atoms with Crippen molar-refractivity contribution in [2.45, 2.75) is 19.7 Å². The highest BCUT2D eigenvalue weighted by Gasteiger charge is 2.31. The lowest BCUT2D eigenvalue weighted by molar-refractivity contribution is -0.137. The number of halogens is 6. The standard InChI is InChI=1S/C25H19BrCl2F3N3O4/c1-2-37-21-10-15(9-18(26)22(21)38-13-14-4-3-5-17(27)8-14)12-32-34-24(36)23(35)33-20-11-16(25(29,30)31)6-7-19(20)28/h3-12H,2,13H2,1H3,(H,33,35)(H,34,36). The van der Waals surface area contributed by atoms with Crippen molar-refractivity contribution in [2.24, 2.45) is 5.10 Å². The van der Waals surface area contributed by atoms with Crippen LogP contribution in [0.25, 0.3) is 0 Å². The van der Waals surface area contributed by atoms with E-state index in [1.54, 1.807) is 31.2 Å². The van der Waals surface area contributed by atoms with E-state index >= 15 is 0 Å². The average Bonchev–Trinajstić information content (AvgIpc) is 2.84. The summed E-state index contributed by atoms with van der Waals surface area (Å²) in [6.45, 7) is 2.37. The van der Waals surface area contributed by atoms with Crippen molar-refractivity contribution < 1.29 is 32.2 Å². The van der Waals surface area contributed by atoms with Crippen LogP contribution in [0.5, 0.6) is 11.5 Å². The maximum atomic E-state index is 12.9. The predicted molar refractivity (Wildman–Crippen MR) is 142 cm³/mol. The molecular weight excluding hydrogens is 614 g/mol. The number of ether oxygens (including phenoxy) is 2. The molecule has 0 fully saturated rings. The van der Waals surface area contributed by atoms with Gasteiger partial charge in [0, 0.05) is 5.02 Å². The van der Waals surface area contributed by atoms with Crippen LogP contribution < -0.4 is 20.2 Å². The van der Waals surface area contributed by atoms with Crippen LogP contribution in [0.2, 0.25) is 10.0 Å². The molecule has 0 atom stereocenters. The molecule has 0 aromatic heterocycles. The fraction of sp³-hybridized carbons (Fsp3) is 0.160. The van der Waals surface area contributed by atoms with Gasteiger partial charge in [0.25, 0.3) is 0 Å². The Morgan fingerprint density at radius 3 is 2.50 bits per heavy atom. The Balaban J connectivity index is 1.67. The number of hydrogen-bond donors (Lipinski definition) is 2. The zero-order valence-electron chi connectivity index (χ0n) is 19.5. The summed E-state index contributed by atoms with van der Waals surface area (Å²) in [6, 6.07) is 12.8. The molecule has 3 aromatic carbocycles. The largest absolute Gasteiger partial charge is 0.490 e. The maximum absolute atomic E-state index is 12.9. The fourth-order valence-corrected chi connectivity index (χ4v) is 3.99. The summed E-state index contributed by atoms with van der Waals surface area (Å²) < 4.78 is 50.8. The lowest BCUT2D eigenvalue weighted by atomic mass is 10.2. The summed E-state index contributed by atoms with van der Waals surface area (Å²) in [5.41, 5.74) is 1.93. The number of nitrogens with one attached hydrogen (secondary N) is 2. The molecular formula is C25H19BrCl2F3N3O4.